The normalized spacial score (nSPS) is 11.8. The van der Waals surface area contributed by atoms with E-state index in [1.165, 1.54) is 6.21 Å². The monoisotopic (exact) mass is 521 g/mol. The lowest BCUT2D eigenvalue weighted by molar-refractivity contribution is -0.123. The van der Waals surface area contributed by atoms with Crippen LogP contribution in [0.2, 0.25) is 5.02 Å². The standard InChI is InChI=1S/C29H32ClN3O4/c1-5-36-26-16-21(12-15-25(26)37-18-23-8-6-7-9-24(23)30)17-31-33-29(35)27(19(2)3)32-28(34)22-13-10-20(4)11-14-22/h6-17,19,27H,5,18H2,1-4H3,(H,32,34)(H,33,35). The van der Waals surface area contributed by atoms with Crippen molar-refractivity contribution in [2.24, 2.45) is 11.0 Å². The van der Waals surface area contributed by atoms with Gasteiger partial charge in [0.05, 0.1) is 12.8 Å². The number of nitrogens with zero attached hydrogens (tertiary/aromatic N) is 1. The summed E-state index contributed by atoms with van der Waals surface area (Å²) in [6.07, 6.45) is 1.51. The molecule has 1 atom stereocenters. The summed E-state index contributed by atoms with van der Waals surface area (Å²) >= 11 is 6.22. The summed E-state index contributed by atoms with van der Waals surface area (Å²) in [5.41, 5.74) is 5.65. The highest BCUT2D eigenvalue weighted by Gasteiger charge is 2.24. The Morgan fingerprint density at radius 3 is 2.41 bits per heavy atom. The summed E-state index contributed by atoms with van der Waals surface area (Å²) in [6.45, 7) is 8.31. The van der Waals surface area contributed by atoms with Crippen LogP contribution in [-0.2, 0) is 11.4 Å². The smallest absolute Gasteiger partial charge is 0.262 e. The van der Waals surface area contributed by atoms with Gasteiger partial charge in [0.25, 0.3) is 11.8 Å². The third-order valence-corrected chi connectivity index (χ3v) is 5.92. The molecule has 0 bridgehead atoms. The minimum atomic E-state index is -0.745. The van der Waals surface area contributed by atoms with Crippen LogP contribution in [0.1, 0.15) is 47.8 Å². The molecular weight excluding hydrogens is 490 g/mol. The second-order valence-electron chi connectivity index (χ2n) is 8.81. The van der Waals surface area contributed by atoms with E-state index in [2.05, 4.69) is 15.8 Å². The number of hydrogen-bond acceptors (Lipinski definition) is 5. The van der Waals surface area contributed by atoms with Crippen LogP contribution in [0.5, 0.6) is 11.5 Å². The number of rotatable bonds is 11. The average molecular weight is 522 g/mol. The van der Waals surface area contributed by atoms with E-state index in [1.54, 1.807) is 30.3 Å². The fourth-order valence-electron chi connectivity index (χ4n) is 3.47. The van der Waals surface area contributed by atoms with Crippen molar-refractivity contribution >= 4 is 29.6 Å². The maximum atomic E-state index is 12.8. The summed E-state index contributed by atoms with van der Waals surface area (Å²) in [5, 5.41) is 7.51. The van der Waals surface area contributed by atoms with E-state index in [1.807, 2.05) is 64.1 Å². The van der Waals surface area contributed by atoms with Crippen molar-refractivity contribution in [1.82, 2.24) is 10.7 Å². The Morgan fingerprint density at radius 2 is 1.73 bits per heavy atom. The number of aryl methyl sites for hydroxylation is 1. The second kappa shape index (κ2) is 13.5. The second-order valence-corrected chi connectivity index (χ2v) is 9.22. The number of nitrogens with one attached hydrogen (secondary N) is 2. The quantitative estimate of drug-likeness (QED) is 0.256. The summed E-state index contributed by atoms with van der Waals surface area (Å²) in [4.78, 5) is 25.4. The number of ether oxygens (including phenoxy) is 2. The molecular formula is C29H32ClN3O4. The van der Waals surface area contributed by atoms with Crippen LogP contribution >= 0.6 is 11.6 Å². The van der Waals surface area contributed by atoms with E-state index in [0.29, 0.717) is 40.9 Å². The Hall–Kier alpha value is -3.84. The van der Waals surface area contributed by atoms with Crippen LogP contribution in [0.4, 0.5) is 0 Å². The molecule has 7 nitrogen and oxygen atoms in total. The van der Waals surface area contributed by atoms with Crippen LogP contribution in [-0.4, -0.2) is 30.7 Å². The van der Waals surface area contributed by atoms with Crippen LogP contribution in [0.15, 0.2) is 71.8 Å². The van der Waals surface area contributed by atoms with Crippen LogP contribution < -0.4 is 20.2 Å². The maximum absolute atomic E-state index is 12.8. The van der Waals surface area contributed by atoms with Crippen molar-refractivity contribution in [3.63, 3.8) is 0 Å². The lowest BCUT2D eigenvalue weighted by Gasteiger charge is -2.20. The molecule has 0 heterocycles. The topological polar surface area (TPSA) is 89.0 Å². The van der Waals surface area contributed by atoms with Crippen molar-refractivity contribution in [1.29, 1.82) is 0 Å². The first-order valence-corrected chi connectivity index (χ1v) is 12.5. The maximum Gasteiger partial charge on any atom is 0.262 e. The molecule has 0 radical (unpaired) electrons. The van der Waals surface area contributed by atoms with E-state index in [4.69, 9.17) is 21.1 Å². The number of hydrazone groups is 1. The van der Waals surface area contributed by atoms with Gasteiger partial charge in [0.1, 0.15) is 12.6 Å². The van der Waals surface area contributed by atoms with Gasteiger partial charge in [-0.1, -0.05) is 61.3 Å². The van der Waals surface area contributed by atoms with Gasteiger partial charge >= 0.3 is 0 Å². The van der Waals surface area contributed by atoms with Gasteiger partial charge in [-0.2, -0.15) is 5.10 Å². The molecule has 0 saturated heterocycles. The predicted octanol–water partition coefficient (Wildman–Crippen LogP) is 5.53. The minimum Gasteiger partial charge on any atom is -0.490 e. The zero-order valence-corrected chi connectivity index (χ0v) is 22.2. The molecule has 0 aromatic heterocycles. The van der Waals surface area contributed by atoms with Gasteiger partial charge in [0.2, 0.25) is 0 Å². The molecule has 3 aromatic carbocycles. The van der Waals surface area contributed by atoms with Crippen LogP contribution in [0.3, 0.4) is 0 Å². The molecule has 2 amide bonds. The predicted molar refractivity (Wildman–Crippen MR) is 146 cm³/mol. The summed E-state index contributed by atoms with van der Waals surface area (Å²) in [5.74, 6) is 0.267. The van der Waals surface area contributed by atoms with E-state index in [9.17, 15) is 9.59 Å². The zero-order chi connectivity index (χ0) is 26.8. The van der Waals surface area contributed by atoms with Crippen molar-refractivity contribution in [3.8, 4) is 11.5 Å². The first kappa shape index (κ1) is 27.7. The molecule has 0 spiro atoms. The summed E-state index contributed by atoms with van der Waals surface area (Å²) in [7, 11) is 0. The van der Waals surface area contributed by atoms with Crippen LogP contribution in [0, 0.1) is 12.8 Å². The summed E-state index contributed by atoms with van der Waals surface area (Å²) < 4.78 is 11.7. The molecule has 1 unspecified atom stereocenters. The first-order valence-electron chi connectivity index (χ1n) is 12.1. The van der Waals surface area contributed by atoms with Gasteiger partial charge in [0.15, 0.2) is 11.5 Å². The first-order chi connectivity index (χ1) is 17.8. The molecule has 2 N–H and O–H groups in total. The Morgan fingerprint density at radius 1 is 1.00 bits per heavy atom. The fourth-order valence-corrected chi connectivity index (χ4v) is 3.66. The van der Waals surface area contributed by atoms with E-state index < -0.39 is 11.9 Å². The fraction of sp³-hybridized carbons (Fsp3) is 0.276. The number of amides is 2. The van der Waals surface area contributed by atoms with Gasteiger partial charge in [0, 0.05) is 16.1 Å². The van der Waals surface area contributed by atoms with Gasteiger partial charge in [-0.3, -0.25) is 9.59 Å². The molecule has 0 aliphatic heterocycles. The highest BCUT2D eigenvalue weighted by atomic mass is 35.5. The van der Waals surface area contributed by atoms with Gasteiger partial charge in [-0.15, -0.1) is 0 Å². The Kier molecular flexibility index (Phi) is 10.1. The summed E-state index contributed by atoms with van der Waals surface area (Å²) in [6, 6.07) is 19.3. The SMILES string of the molecule is CCOc1cc(C=NNC(=O)C(NC(=O)c2ccc(C)cc2)C(C)C)ccc1OCc1ccccc1Cl. The highest BCUT2D eigenvalue weighted by molar-refractivity contribution is 6.31. The van der Waals surface area contributed by atoms with Crippen molar-refractivity contribution in [3.05, 3.63) is 94.0 Å². The number of carbonyl (C=O) groups excluding carboxylic acids is 2. The highest BCUT2D eigenvalue weighted by Crippen LogP contribution is 2.29. The molecule has 8 heteroatoms. The number of halogens is 1. The molecule has 3 aromatic rings. The molecule has 0 saturated carbocycles. The molecule has 3 rings (SSSR count). The number of carbonyl (C=O) groups is 2. The van der Waals surface area contributed by atoms with Crippen molar-refractivity contribution in [2.75, 3.05) is 6.61 Å². The minimum absolute atomic E-state index is 0.135. The molecule has 0 aliphatic carbocycles. The van der Waals surface area contributed by atoms with E-state index >= 15 is 0 Å². The Bertz CT molecular complexity index is 1240. The molecule has 0 aliphatic rings. The van der Waals surface area contributed by atoms with Crippen molar-refractivity contribution in [2.45, 2.75) is 40.3 Å². The van der Waals surface area contributed by atoms with Gasteiger partial charge in [-0.25, -0.2) is 5.43 Å². The zero-order valence-electron chi connectivity index (χ0n) is 21.5. The number of hydrogen-bond donors (Lipinski definition) is 2. The third kappa shape index (κ3) is 8.08. The van der Waals surface area contributed by atoms with Gasteiger partial charge < -0.3 is 14.8 Å². The van der Waals surface area contributed by atoms with E-state index in [-0.39, 0.29) is 11.8 Å². The molecule has 194 valence electrons. The largest absolute Gasteiger partial charge is 0.490 e. The Balaban J connectivity index is 1.64. The van der Waals surface area contributed by atoms with E-state index in [0.717, 1.165) is 11.1 Å². The lowest BCUT2D eigenvalue weighted by atomic mass is 10.0. The van der Waals surface area contributed by atoms with Crippen LogP contribution in [0.25, 0.3) is 0 Å². The average Bonchev–Trinajstić information content (AvgIpc) is 2.88. The van der Waals surface area contributed by atoms with Gasteiger partial charge in [-0.05, 0) is 61.7 Å². The third-order valence-electron chi connectivity index (χ3n) is 5.55. The lowest BCUT2D eigenvalue weighted by Crippen LogP contribution is -2.48. The number of benzene rings is 3. The molecule has 37 heavy (non-hydrogen) atoms. The Labute approximate surface area is 222 Å². The van der Waals surface area contributed by atoms with Crippen molar-refractivity contribution < 1.29 is 19.1 Å². The molecule has 0 fully saturated rings.